The Morgan fingerprint density at radius 2 is 1.57 bits per heavy atom. The lowest BCUT2D eigenvalue weighted by Gasteiger charge is -2.21. The molecule has 1 heterocycles. The van der Waals surface area contributed by atoms with Gasteiger partial charge < -0.3 is 19.5 Å². The summed E-state index contributed by atoms with van der Waals surface area (Å²) < 4.78 is 26.3. The number of hydrogen-bond acceptors (Lipinski definition) is 8. The molecule has 0 saturated carbocycles. The maximum absolute atomic E-state index is 13.5. The van der Waals surface area contributed by atoms with Crippen molar-refractivity contribution < 1.29 is 18.8 Å². The summed E-state index contributed by atoms with van der Waals surface area (Å²) in [6.45, 7) is 7.03. The molecule has 3 rings (SSSR count). The summed E-state index contributed by atoms with van der Waals surface area (Å²) in [5.74, 6) is 0.432. The van der Waals surface area contributed by atoms with Crippen LogP contribution < -0.4 is 10.8 Å². The monoisotopic (exact) mass is 431 g/mol. The van der Waals surface area contributed by atoms with Gasteiger partial charge in [-0.2, -0.15) is 4.98 Å². The first-order chi connectivity index (χ1) is 14.2. The topological polar surface area (TPSA) is 113 Å². The Kier molecular flexibility index (Phi) is 6.70. The minimum absolute atomic E-state index is 0.0551. The maximum Gasteiger partial charge on any atom is 0.400 e. The van der Waals surface area contributed by atoms with Crippen molar-refractivity contribution in [3.63, 3.8) is 0 Å². The third kappa shape index (κ3) is 4.95. The summed E-state index contributed by atoms with van der Waals surface area (Å²) >= 11 is 0. The van der Waals surface area contributed by atoms with Gasteiger partial charge in [-0.15, -0.1) is 5.10 Å². The molecule has 1 N–H and O–H groups in total. The van der Waals surface area contributed by atoms with Gasteiger partial charge in [-0.05, 0) is 52.0 Å². The van der Waals surface area contributed by atoms with Crippen LogP contribution in [0, 0.1) is 5.21 Å². The largest absolute Gasteiger partial charge is 0.733 e. The smallest absolute Gasteiger partial charge is 0.400 e. The fourth-order valence-electron chi connectivity index (χ4n) is 2.77. The summed E-state index contributed by atoms with van der Waals surface area (Å²) in [4.78, 5) is 4.51. The van der Waals surface area contributed by atoms with Gasteiger partial charge in [-0.1, -0.05) is 30.3 Å². The predicted octanol–water partition coefficient (Wildman–Crippen LogP) is 4.30. The van der Waals surface area contributed by atoms with Gasteiger partial charge in [0.15, 0.2) is 5.82 Å². The van der Waals surface area contributed by atoms with Crippen molar-refractivity contribution in [2.75, 3.05) is 5.23 Å². The Balaban J connectivity index is 2.16. The average molecular weight is 431 g/mol. The zero-order valence-corrected chi connectivity index (χ0v) is 18.1. The molecule has 2 aromatic carbocycles. The number of benzene rings is 2. The highest BCUT2D eigenvalue weighted by Gasteiger charge is 2.36. The van der Waals surface area contributed by atoms with Gasteiger partial charge >= 0.3 is 7.60 Å². The lowest BCUT2D eigenvalue weighted by Crippen LogP contribution is -2.20. The zero-order valence-electron chi connectivity index (χ0n) is 17.2. The molecule has 0 spiro atoms. The van der Waals surface area contributed by atoms with Crippen molar-refractivity contribution in [3.05, 3.63) is 59.8 Å². The van der Waals surface area contributed by atoms with Crippen LogP contribution in [0.3, 0.4) is 0 Å². The van der Waals surface area contributed by atoms with E-state index in [9.17, 15) is 9.77 Å². The number of anilines is 1. The summed E-state index contributed by atoms with van der Waals surface area (Å²) in [6.07, 6.45) is -0.734. The Morgan fingerprint density at radius 1 is 1.00 bits per heavy atom. The summed E-state index contributed by atoms with van der Waals surface area (Å²) in [6, 6.07) is 15.4. The Bertz CT molecular complexity index is 1010. The Hall–Kier alpha value is -2.55. The van der Waals surface area contributed by atoms with E-state index < -0.39 is 7.60 Å². The van der Waals surface area contributed by atoms with Crippen molar-refractivity contribution in [1.29, 1.82) is 0 Å². The number of nitrogens with zero attached hydrogens (tertiary/aromatic N) is 4. The van der Waals surface area contributed by atoms with Crippen LogP contribution in [0.4, 0.5) is 5.69 Å². The van der Waals surface area contributed by atoms with Gasteiger partial charge in [0.1, 0.15) is 0 Å². The van der Waals surface area contributed by atoms with Crippen LogP contribution in [0.15, 0.2) is 54.6 Å². The molecule has 9 nitrogen and oxygen atoms in total. The molecule has 160 valence electrons. The van der Waals surface area contributed by atoms with Crippen molar-refractivity contribution in [1.82, 2.24) is 14.8 Å². The molecule has 0 bridgehead atoms. The molecular weight excluding hydrogens is 407 g/mol. The quantitative estimate of drug-likeness (QED) is 0.415. The second-order valence-corrected chi connectivity index (χ2v) is 8.92. The van der Waals surface area contributed by atoms with E-state index in [0.29, 0.717) is 11.5 Å². The third-order valence-electron chi connectivity index (χ3n) is 3.89. The van der Waals surface area contributed by atoms with Gasteiger partial charge in [0.05, 0.1) is 23.6 Å². The molecule has 0 radical (unpaired) electrons. The van der Waals surface area contributed by atoms with E-state index in [1.807, 2.05) is 30.3 Å². The Labute approximate surface area is 175 Å². The molecule has 3 aromatic rings. The molecule has 0 atom stereocenters. The van der Waals surface area contributed by atoms with E-state index in [1.165, 1.54) is 16.8 Å². The molecule has 0 amide bonds. The van der Waals surface area contributed by atoms with E-state index in [4.69, 9.17) is 14.3 Å². The van der Waals surface area contributed by atoms with Gasteiger partial charge in [-0.3, -0.25) is 9.77 Å². The van der Waals surface area contributed by atoms with E-state index in [0.717, 1.165) is 5.56 Å². The minimum Gasteiger partial charge on any atom is -0.733 e. The predicted molar refractivity (Wildman–Crippen MR) is 114 cm³/mol. The first-order valence-corrected chi connectivity index (χ1v) is 11.0. The molecule has 0 fully saturated rings. The second-order valence-electron chi connectivity index (χ2n) is 7.11. The van der Waals surface area contributed by atoms with E-state index in [-0.39, 0.29) is 28.7 Å². The molecular formula is C20H24N4O5P-. The van der Waals surface area contributed by atoms with Crippen LogP contribution in [0.25, 0.3) is 17.1 Å². The van der Waals surface area contributed by atoms with Crippen LogP contribution in [0.5, 0.6) is 0 Å². The lowest BCUT2D eigenvalue weighted by atomic mass is 10.2. The lowest BCUT2D eigenvalue weighted by molar-refractivity contribution is 0.149. The van der Waals surface area contributed by atoms with Crippen molar-refractivity contribution in [3.8, 4) is 17.1 Å². The van der Waals surface area contributed by atoms with Crippen molar-refractivity contribution in [2.45, 2.75) is 39.9 Å². The molecule has 0 aliphatic rings. The van der Waals surface area contributed by atoms with E-state index in [2.05, 4.69) is 10.1 Å². The fourth-order valence-corrected chi connectivity index (χ4v) is 4.53. The van der Waals surface area contributed by atoms with Gasteiger partial charge in [0, 0.05) is 5.56 Å². The summed E-state index contributed by atoms with van der Waals surface area (Å²) in [5.41, 5.74) is 1.31. The van der Waals surface area contributed by atoms with Gasteiger partial charge in [0.25, 0.3) is 5.57 Å². The molecule has 1 aromatic heterocycles. The highest BCUT2D eigenvalue weighted by Crippen LogP contribution is 2.48. The summed E-state index contributed by atoms with van der Waals surface area (Å²) in [5, 5.41) is 24.4. The molecule has 0 saturated heterocycles. The first-order valence-electron chi connectivity index (χ1n) is 9.46. The van der Waals surface area contributed by atoms with Crippen molar-refractivity contribution in [2.24, 2.45) is 0 Å². The van der Waals surface area contributed by atoms with Crippen molar-refractivity contribution >= 4 is 18.8 Å². The van der Waals surface area contributed by atoms with Crippen LogP contribution >= 0.6 is 7.60 Å². The zero-order chi connectivity index (χ0) is 21.9. The molecule has 0 unspecified atom stereocenters. The highest BCUT2D eigenvalue weighted by molar-refractivity contribution is 7.61. The van der Waals surface area contributed by atoms with Gasteiger partial charge in [0.2, 0.25) is 0 Å². The Morgan fingerprint density at radius 3 is 2.07 bits per heavy atom. The summed E-state index contributed by atoms with van der Waals surface area (Å²) in [7, 11) is -3.80. The first kappa shape index (κ1) is 22.1. The second kappa shape index (κ2) is 9.07. The average Bonchev–Trinajstić information content (AvgIpc) is 3.14. The normalized spacial score (nSPS) is 12.0. The van der Waals surface area contributed by atoms with Gasteiger partial charge in [-0.25, -0.2) is 4.68 Å². The number of rotatable bonds is 8. The van der Waals surface area contributed by atoms with E-state index >= 15 is 0 Å². The number of aromatic nitrogens is 3. The molecule has 0 aliphatic heterocycles. The minimum atomic E-state index is -3.80. The highest BCUT2D eigenvalue weighted by atomic mass is 31.2. The fraction of sp³-hybridized carbons (Fsp3) is 0.300. The standard InChI is InChI=1S/C20H24N4O5P/c1-14(2)28-30(27,29-15(3)4)20-21-19(16-8-6-5-7-9-16)23(22-20)17-10-12-18(13-11-17)24(25)26/h5-15,25H,1-4H3/q-1. The maximum atomic E-state index is 13.5. The molecule has 10 heteroatoms. The molecule has 30 heavy (non-hydrogen) atoms. The van der Waals surface area contributed by atoms with Crippen LogP contribution in [0.1, 0.15) is 27.7 Å². The SMILES string of the molecule is CC(C)OP(=O)(OC(C)C)c1nc(-c2ccccc2)n(-c2ccc(N([O-])O)cc2)n1. The molecule has 0 aliphatic carbocycles. The van der Waals surface area contributed by atoms with E-state index in [1.54, 1.807) is 39.8 Å². The van der Waals surface area contributed by atoms with Crippen LogP contribution in [-0.2, 0) is 13.6 Å². The number of hydrogen-bond donors (Lipinski definition) is 1. The van der Waals surface area contributed by atoms with Crippen LogP contribution in [0.2, 0.25) is 0 Å². The third-order valence-corrected chi connectivity index (χ3v) is 5.96. The van der Waals surface area contributed by atoms with Crippen LogP contribution in [-0.4, -0.2) is 32.2 Å².